The van der Waals surface area contributed by atoms with Crippen LogP contribution >= 0.6 is 23.2 Å². The van der Waals surface area contributed by atoms with E-state index in [1.807, 2.05) is 31.9 Å². The molecule has 1 aromatic carbocycles. The number of carbonyl (C=O) groups excluding carboxylic acids is 1. The Morgan fingerprint density at radius 1 is 1.38 bits per heavy atom. The molecule has 0 aliphatic carbocycles. The van der Waals surface area contributed by atoms with E-state index < -0.39 is 0 Å². The van der Waals surface area contributed by atoms with Crippen molar-refractivity contribution in [3.05, 3.63) is 33.8 Å². The zero-order chi connectivity index (χ0) is 16.0. The standard InChI is InChI=1S/C15H22Cl2N2O2/c1-10(9-21-4)18-15(20)8-19(3)11(2)13-6-5-12(16)7-14(13)17/h5-7,10-11H,8-9H2,1-4H3,(H,18,20). The van der Waals surface area contributed by atoms with Gasteiger partial charge in [-0.1, -0.05) is 29.3 Å². The van der Waals surface area contributed by atoms with Crippen molar-refractivity contribution in [1.82, 2.24) is 10.2 Å². The quantitative estimate of drug-likeness (QED) is 0.833. The number of carbonyl (C=O) groups is 1. The first-order chi connectivity index (χ1) is 9.85. The maximum absolute atomic E-state index is 12.0. The summed E-state index contributed by atoms with van der Waals surface area (Å²) in [4.78, 5) is 13.9. The van der Waals surface area contributed by atoms with Crippen LogP contribution in [0.1, 0.15) is 25.5 Å². The van der Waals surface area contributed by atoms with E-state index in [4.69, 9.17) is 27.9 Å². The molecule has 1 aromatic rings. The summed E-state index contributed by atoms with van der Waals surface area (Å²) in [6.45, 7) is 4.68. The van der Waals surface area contributed by atoms with Gasteiger partial charge in [-0.25, -0.2) is 0 Å². The number of benzene rings is 1. The molecule has 0 saturated heterocycles. The van der Waals surface area contributed by atoms with Crippen molar-refractivity contribution >= 4 is 29.1 Å². The van der Waals surface area contributed by atoms with Gasteiger partial charge in [0.05, 0.1) is 13.2 Å². The van der Waals surface area contributed by atoms with Gasteiger partial charge in [0, 0.05) is 29.2 Å². The summed E-state index contributed by atoms with van der Waals surface area (Å²) in [5.41, 5.74) is 0.946. The van der Waals surface area contributed by atoms with Crippen LogP contribution in [0.5, 0.6) is 0 Å². The Hall–Kier alpha value is -0.810. The molecule has 0 fully saturated rings. The number of hydrogen-bond acceptors (Lipinski definition) is 3. The number of methoxy groups -OCH3 is 1. The molecule has 2 atom stereocenters. The monoisotopic (exact) mass is 332 g/mol. The van der Waals surface area contributed by atoms with Gasteiger partial charge in [0.1, 0.15) is 0 Å². The zero-order valence-corrected chi connectivity index (χ0v) is 14.3. The van der Waals surface area contributed by atoms with Crippen LogP contribution in [-0.4, -0.2) is 44.2 Å². The Morgan fingerprint density at radius 3 is 2.62 bits per heavy atom. The minimum atomic E-state index is -0.0426. The molecule has 21 heavy (non-hydrogen) atoms. The first-order valence-corrected chi connectivity index (χ1v) is 7.54. The van der Waals surface area contributed by atoms with Gasteiger partial charge >= 0.3 is 0 Å². The van der Waals surface area contributed by atoms with Crippen LogP contribution in [0.2, 0.25) is 10.0 Å². The topological polar surface area (TPSA) is 41.6 Å². The number of ether oxygens (including phenoxy) is 1. The lowest BCUT2D eigenvalue weighted by Gasteiger charge is -2.26. The number of nitrogens with zero attached hydrogens (tertiary/aromatic N) is 1. The highest BCUT2D eigenvalue weighted by molar-refractivity contribution is 6.35. The first kappa shape index (κ1) is 18.2. The molecule has 0 aliphatic heterocycles. The SMILES string of the molecule is COCC(C)NC(=O)CN(C)C(C)c1ccc(Cl)cc1Cl. The smallest absolute Gasteiger partial charge is 0.234 e. The van der Waals surface area contributed by atoms with Gasteiger partial charge in [-0.15, -0.1) is 0 Å². The molecule has 0 aliphatic rings. The molecule has 0 aromatic heterocycles. The second-order valence-corrected chi connectivity index (χ2v) is 6.02. The normalized spacial score (nSPS) is 14.0. The van der Waals surface area contributed by atoms with Crippen LogP contribution in [0, 0.1) is 0 Å². The van der Waals surface area contributed by atoms with Gasteiger partial charge < -0.3 is 10.1 Å². The lowest BCUT2D eigenvalue weighted by atomic mass is 10.1. The predicted molar refractivity (Wildman–Crippen MR) is 87.0 cm³/mol. The molecule has 1 N–H and O–H groups in total. The number of hydrogen-bond donors (Lipinski definition) is 1. The highest BCUT2D eigenvalue weighted by Gasteiger charge is 2.18. The molecule has 0 heterocycles. The van der Waals surface area contributed by atoms with E-state index in [-0.39, 0.29) is 24.5 Å². The average Bonchev–Trinajstić information content (AvgIpc) is 2.37. The fourth-order valence-electron chi connectivity index (χ4n) is 2.05. The minimum absolute atomic E-state index is 0.00896. The molecule has 0 bridgehead atoms. The molecular formula is C15H22Cl2N2O2. The van der Waals surface area contributed by atoms with Crippen LogP contribution in [0.25, 0.3) is 0 Å². The average molecular weight is 333 g/mol. The number of halogens is 2. The third kappa shape index (κ3) is 5.83. The minimum Gasteiger partial charge on any atom is -0.383 e. The highest BCUT2D eigenvalue weighted by atomic mass is 35.5. The number of nitrogens with one attached hydrogen (secondary N) is 1. The third-order valence-corrected chi connectivity index (χ3v) is 3.85. The van der Waals surface area contributed by atoms with Crippen molar-refractivity contribution in [3.8, 4) is 0 Å². The maximum Gasteiger partial charge on any atom is 0.234 e. The Morgan fingerprint density at radius 2 is 2.05 bits per heavy atom. The summed E-state index contributed by atoms with van der Waals surface area (Å²) in [5.74, 6) is -0.0426. The highest BCUT2D eigenvalue weighted by Crippen LogP contribution is 2.28. The van der Waals surface area contributed by atoms with E-state index in [0.29, 0.717) is 16.7 Å². The Kier molecular flexibility index (Phi) is 7.46. The van der Waals surface area contributed by atoms with E-state index in [9.17, 15) is 4.79 Å². The predicted octanol–water partition coefficient (Wildman–Crippen LogP) is 3.14. The number of likely N-dealkylation sites (N-methyl/N-ethyl adjacent to an activating group) is 1. The Balaban J connectivity index is 2.62. The van der Waals surface area contributed by atoms with E-state index in [0.717, 1.165) is 5.56 Å². The molecule has 0 spiro atoms. The van der Waals surface area contributed by atoms with Crippen LogP contribution in [0.3, 0.4) is 0 Å². The van der Waals surface area contributed by atoms with Gasteiger partial charge in [-0.2, -0.15) is 0 Å². The van der Waals surface area contributed by atoms with E-state index in [1.165, 1.54) is 0 Å². The number of amides is 1. The maximum atomic E-state index is 12.0. The van der Waals surface area contributed by atoms with Gasteiger partial charge in [-0.05, 0) is 38.6 Å². The molecule has 118 valence electrons. The van der Waals surface area contributed by atoms with Crippen molar-refractivity contribution in [1.29, 1.82) is 0 Å². The molecule has 1 amide bonds. The fraction of sp³-hybridized carbons (Fsp3) is 0.533. The summed E-state index contributed by atoms with van der Waals surface area (Å²) >= 11 is 12.1. The summed E-state index contributed by atoms with van der Waals surface area (Å²) in [6, 6.07) is 5.40. The molecule has 4 nitrogen and oxygen atoms in total. The van der Waals surface area contributed by atoms with Crippen LogP contribution in [0.4, 0.5) is 0 Å². The summed E-state index contributed by atoms with van der Waals surface area (Å²) in [7, 11) is 3.50. The van der Waals surface area contributed by atoms with Crippen molar-refractivity contribution < 1.29 is 9.53 Å². The van der Waals surface area contributed by atoms with Gasteiger partial charge in [0.2, 0.25) is 5.91 Å². The van der Waals surface area contributed by atoms with Crippen LogP contribution < -0.4 is 5.32 Å². The fourth-order valence-corrected chi connectivity index (χ4v) is 2.62. The first-order valence-electron chi connectivity index (χ1n) is 6.78. The van der Waals surface area contributed by atoms with E-state index >= 15 is 0 Å². The summed E-state index contributed by atoms with van der Waals surface area (Å²) in [6.07, 6.45) is 0. The van der Waals surface area contributed by atoms with Crippen LogP contribution in [0.15, 0.2) is 18.2 Å². The van der Waals surface area contributed by atoms with Crippen molar-refractivity contribution in [2.45, 2.75) is 25.9 Å². The second-order valence-electron chi connectivity index (χ2n) is 5.18. The molecular weight excluding hydrogens is 311 g/mol. The van der Waals surface area contributed by atoms with Gasteiger partial charge in [-0.3, -0.25) is 9.69 Å². The van der Waals surface area contributed by atoms with E-state index in [1.54, 1.807) is 19.2 Å². The molecule has 2 unspecified atom stereocenters. The lowest BCUT2D eigenvalue weighted by molar-refractivity contribution is -0.123. The number of rotatable bonds is 7. The largest absolute Gasteiger partial charge is 0.383 e. The third-order valence-electron chi connectivity index (χ3n) is 3.29. The Labute approximate surface area is 136 Å². The van der Waals surface area contributed by atoms with Crippen LogP contribution in [-0.2, 0) is 9.53 Å². The van der Waals surface area contributed by atoms with Gasteiger partial charge in [0.15, 0.2) is 0 Å². The summed E-state index contributed by atoms with van der Waals surface area (Å²) in [5, 5.41) is 4.09. The van der Waals surface area contributed by atoms with Crippen molar-refractivity contribution in [2.24, 2.45) is 0 Å². The second kappa shape index (κ2) is 8.59. The van der Waals surface area contributed by atoms with Crippen molar-refractivity contribution in [3.63, 3.8) is 0 Å². The van der Waals surface area contributed by atoms with E-state index in [2.05, 4.69) is 5.32 Å². The molecule has 6 heteroatoms. The molecule has 0 radical (unpaired) electrons. The zero-order valence-electron chi connectivity index (χ0n) is 12.8. The Bertz CT molecular complexity index is 483. The van der Waals surface area contributed by atoms with Crippen molar-refractivity contribution in [2.75, 3.05) is 27.3 Å². The van der Waals surface area contributed by atoms with Gasteiger partial charge in [0.25, 0.3) is 0 Å². The molecule has 0 saturated carbocycles. The summed E-state index contributed by atoms with van der Waals surface area (Å²) < 4.78 is 4.99. The molecule has 1 rings (SSSR count). The lowest BCUT2D eigenvalue weighted by Crippen LogP contribution is -2.42.